The molecule has 2 heterocycles. The van der Waals surface area contributed by atoms with E-state index in [4.69, 9.17) is 9.15 Å². The van der Waals surface area contributed by atoms with Crippen molar-refractivity contribution in [2.24, 2.45) is 5.92 Å². The number of fused-ring (bicyclic) bond motifs is 1. The van der Waals surface area contributed by atoms with Gasteiger partial charge in [-0.05, 0) is 38.3 Å². The second-order valence-corrected chi connectivity index (χ2v) is 7.75. The number of hydrogen-bond acceptors (Lipinski definition) is 6. The molecule has 0 atom stereocenters. The maximum Gasteiger partial charge on any atom is 0.419 e. The molecular formula is C22H29N3O6. The molecule has 2 amide bonds. The lowest BCUT2D eigenvalue weighted by atomic mass is 9.97. The number of hydrogen-bond donors (Lipinski definition) is 0. The van der Waals surface area contributed by atoms with Gasteiger partial charge < -0.3 is 19.0 Å². The van der Waals surface area contributed by atoms with Crippen molar-refractivity contribution in [3.05, 3.63) is 34.8 Å². The first kappa shape index (κ1) is 22.6. The van der Waals surface area contributed by atoms with Gasteiger partial charge in [-0.1, -0.05) is 12.1 Å². The van der Waals surface area contributed by atoms with Gasteiger partial charge in [-0.25, -0.2) is 4.79 Å². The molecule has 168 valence electrons. The second-order valence-electron chi connectivity index (χ2n) is 7.75. The van der Waals surface area contributed by atoms with Crippen LogP contribution in [0.3, 0.4) is 0 Å². The van der Waals surface area contributed by atoms with E-state index in [0.29, 0.717) is 56.6 Å². The Morgan fingerprint density at radius 1 is 1.19 bits per heavy atom. The zero-order valence-corrected chi connectivity index (χ0v) is 18.0. The number of nitrogens with zero attached hydrogens (tertiary/aromatic N) is 3. The van der Waals surface area contributed by atoms with Gasteiger partial charge in [0.25, 0.3) is 0 Å². The van der Waals surface area contributed by atoms with Gasteiger partial charge in [0.05, 0.1) is 24.6 Å². The van der Waals surface area contributed by atoms with Crippen molar-refractivity contribution in [1.82, 2.24) is 14.4 Å². The number of carbonyl (C=O) groups is 3. The summed E-state index contributed by atoms with van der Waals surface area (Å²) in [7, 11) is 1.60. The standard InChI is InChI=1S/C22H29N3O6/c1-3-30-21(28)16-10-13-24(14-11-16)20(27)15-23(2)19(26)9-6-12-25-17-7-4-5-8-18(17)31-22(25)29/h4-5,7-8,16H,3,6,9-15H2,1-2H3. The summed E-state index contributed by atoms with van der Waals surface area (Å²) in [6.07, 6.45) is 1.84. The lowest BCUT2D eigenvalue weighted by Gasteiger charge is -2.32. The molecule has 9 heteroatoms. The molecule has 1 fully saturated rings. The number of likely N-dealkylation sites (tertiary alicyclic amines) is 1. The number of aromatic nitrogens is 1. The van der Waals surface area contributed by atoms with Crippen LogP contribution in [-0.4, -0.2) is 65.4 Å². The number of aryl methyl sites for hydroxylation is 1. The smallest absolute Gasteiger partial charge is 0.419 e. The number of carbonyl (C=O) groups excluding carboxylic acids is 3. The van der Waals surface area contributed by atoms with Gasteiger partial charge in [-0.15, -0.1) is 0 Å². The van der Waals surface area contributed by atoms with Gasteiger partial charge >= 0.3 is 11.7 Å². The minimum atomic E-state index is -0.441. The van der Waals surface area contributed by atoms with Crippen molar-refractivity contribution in [1.29, 1.82) is 0 Å². The Bertz CT molecular complexity index is 987. The van der Waals surface area contributed by atoms with Crippen LogP contribution < -0.4 is 5.76 Å². The first-order valence-electron chi connectivity index (χ1n) is 10.7. The molecule has 1 aromatic carbocycles. The second kappa shape index (κ2) is 10.3. The normalized spacial score (nSPS) is 14.6. The first-order chi connectivity index (χ1) is 14.9. The molecule has 1 saturated heterocycles. The molecule has 31 heavy (non-hydrogen) atoms. The summed E-state index contributed by atoms with van der Waals surface area (Å²) in [5.74, 6) is -1.09. The van der Waals surface area contributed by atoms with Crippen LogP contribution in [-0.2, 0) is 25.7 Å². The van der Waals surface area contributed by atoms with Crippen LogP contribution in [0.4, 0.5) is 0 Å². The Morgan fingerprint density at radius 3 is 2.61 bits per heavy atom. The average Bonchev–Trinajstić information content (AvgIpc) is 3.09. The summed E-state index contributed by atoms with van der Waals surface area (Å²) in [6.45, 7) is 3.47. The van der Waals surface area contributed by atoms with E-state index in [-0.39, 0.29) is 36.7 Å². The zero-order chi connectivity index (χ0) is 22.4. The highest BCUT2D eigenvalue weighted by Gasteiger charge is 2.28. The molecule has 0 radical (unpaired) electrons. The number of ether oxygens (including phenoxy) is 1. The van der Waals surface area contributed by atoms with Crippen molar-refractivity contribution in [3.8, 4) is 0 Å². The number of likely N-dealkylation sites (N-methyl/N-ethyl adjacent to an activating group) is 1. The van der Waals surface area contributed by atoms with E-state index in [1.807, 2.05) is 6.07 Å². The van der Waals surface area contributed by atoms with Crippen molar-refractivity contribution in [2.45, 2.75) is 39.2 Å². The van der Waals surface area contributed by atoms with Gasteiger partial charge in [0.1, 0.15) is 0 Å². The van der Waals surface area contributed by atoms with E-state index < -0.39 is 5.76 Å². The van der Waals surface area contributed by atoms with Crippen LogP contribution in [0.15, 0.2) is 33.5 Å². The van der Waals surface area contributed by atoms with Gasteiger partial charge in [0.2, 0.25) is 11.8 Å². The lowest BCUT2D eigenvalue weighted by molar-refractivity contribution is -0.151. The first-order valence-corrected chi connectivity index (χ1v) is 10.7. The number of para-hydroxylation sites is 2. The van der Waals surface area contributed by atoms with E-state index in [1.54, 1.807) is 37.1 Å². The van der Waals surface area contributed by atoms with Crippen LogP contribution >= 0.6 is 0 Å². The van der Waals surface area contributed by atoms with Crippen molar-refractivity contribution < 1.29 is 23.5 Å². The summed E-state index contributed by atoms with van der Waals surface area (Å²) < 4.78 is 11.8. The highest BCUT2D eigenvalue weighted by Crippen LogP contribution is 2.19. The third-order valence-electron chi connectivity index (χ3n) is 5.61. The fraction of sp³-hybridized carbons (Fsp3) is 0.545. The molecule has 3 rings (SSSR count). The highest BCUT2D eigenvalue weighted by molar-refractivity contribution is 5.85. The van der Waals surface area contributed by atoms with Crippen LogP contribution in [0.1, 0.15) is 32.6 Å². The number of piperidine rings is 1. The third-order valence-corrected chi connectivity index (χ3v) is 5.61. The van der Waals surface area contributed by atoms with Crippen LogP contribution in [0.5, 0.6) is 0 Å². The van der Waals surface area contributed by atoms with Gasteiger partial charge in [0, 0.05) is 33.1 Å². The van der Waals surface area contributed by atoms with Crippen LogP contribution in [0.2, 0.25) is 0 Å². The van der Waals surface area contributed by atoms with E-state index >= 15 is 0 Å². The number of oxazole rings is 1. The third kappa shape index (κ3) is 5.53. The molecular weight excluding hydrogens is 402 g/mol. The molecule has 1 aromatic heterocycles. The minimum Gasteiger partial charge on any atom is -0.466 e. The maximum atomic E-state index is 12.5. The summed E-state index contributed by atoms with van der Waals surface area (Å²) in [5.41, 5.74) is 1.22. The Balaban J connectivity index is 1.43. The fourth-order valence-corrected chi connectivity index (χ4v) is 3.82. The Labute approximate surface area is 180 Å². The van der Waals surface area contributed by atoms with E-state index in [1.165, 1.54) is 9.47 Å². The molecule has 0 aliphatic carbocycles. The highest BCUT2D eigenvalue weighted by atomic mass is 16.5. The van der Waals surface area contributed by atoms with Crippen molar-refractivity contribution in [3.63, 3.8) is 0 Å². The van der Waals surface area contributed by atoms with Gasteiger partial charge in [-0.2, -0.15) is 0 Å². The Hall–Kier alpha value is -3.10. The summed E-state index contributed by atoms with van der Waals surface area (Å²) in [6, 6.07) is 7.16. The number of amides is 2. The molecule has 0 bridgehead atoms. The largest absolute Gasteiger partial charge is 0.466 e. The van der Waals surface area contributed by atoms with Crippen LogP contribution in [0.25, 0.3) is 11.1 Å². The van der Waals surface area contributed by atoms with E-state index in [9.17, 15) is 19.2 Å². The van der Waals surface area contributed by atoms with Crippen molar-refractivity contribution in [2.75, 3.05) is 33.3 Å². The predicted molar refractivity (Wildman–Crippen MR) is 113 cm³/mol. The number of rotatable bonds is 8. The number of benzene rings is 1. The fourth-order valence-electron chi connectivity index (χ4n) is 3.82. The predicted octanol–water partition coefficient (Wildman–Crippen LogP) is 1.63. The average molecular weight is 431 g/mol. The minimum absolute atomic E-state index is 0.00248. The topological polar surface area (TPSA) is 102 Å². The SMILES string of the molecule is CCOC(=O)C1CCN(C(=O)CN(C)C(=O)CCCn2c(=O)oc3ccccc32)CC1. The zero-order valence-electron chi connectivity index (χ0n) is 18.0. The summed E-state index contributed by atoms with van der Waals surface area (Å²) >= 11 is 0. The van der Waals surface area contributed by atoms with Gasteiger partial charge in [-0.3, -0.25) is 19.0 Å². The summed E-state index contributed by atoms with van der Waals surface area (Å²) in [4.78, 5) is 51.9. The number of esters is 1. The molecule has 1 aliphatic rings. The van der Waals surface area contributed by atoms with Gasteiger partial charge in [0.15, 0.2) is 5.58 Å². The quantitative estimate of drug-likeness (QED) is 0.589. The van der Waals surface area contributed by atoms with E-state index in [2.05, 4.69) is 0 Å². The molecule has 0 unspecified atom stereocenters. The lowest BCUT2D eigenvalue weighted by Crippen LogP contribution is -2.45. The Kier molecular flexibility index (Phi) is 7.49. The summed E-state index contributed by atoms with van der Waals surface area (Å²) in [5, 5.41) is 0. The molecule has 2 aromatic rings. The van der Waals surface area contributed by atoms with E-state index in [0.717, 1.165) is 0 Å². The monoisotopic (exact) mass is 431 g/mol. The molecule has 0 N–H and O–H groups in total. The Morgan fingerprint density at radius 2 is 1.90 bits per heavy atom. The molecule has 0 saturated carbocycles. The van der Waals surface area contributed by atoms with Crippen molar-refractivity contribution >= 4 is 28.9 Å². The molecule has 1 aliphatic heterocycles. The molecule has 9 nitrogen and oxygen atoms in total. The molecule has 0 spiro atoms. The van der Waals surface area contributed by atoms with Crippen LogP contribution in [0, 0.1) is 5.92 Å². The maximum absolute atomic E-state index is 12.5.